The molecule has 2 fully saturated rings. The summed E-state index contributed by atoms with van der Waals surface area (Å²) < 4.78 is 0. The number of fused-ring (bicyclic) bond motifs is 1. The van der Waals surface area contributed by atoms with Crippen LogP contribution in [0.1, 0.15) is 64.7 Å². The van der Waals surface area contributed by atoms with Gasteiger partial charge in [0.1, 0.15) is 0 Å². The molecule has 0 unspecified atom stereocenters. The van der Waals surface area contributed by atoms with E-state index < -0.39 is 0 Å². The molecule has 0 aliphatic heterocycles. The fraction of sp³-hybridized carbons (Fsp3) is 0.619. The number of aromatic nitrogens is 2. The molecule has 4 rings (SSSR count). The van der Waals surface area contributed by atoms with E-state index in [1.165, 1.54) is 57.8 Å². The molecule has 1 aromatic heterocycles. The van der Waals surface area contributed by atoms with Gasteiger partial charge in [-0.15, -0.1) is 0 Å². The molecule has 128 valence electrons. The maximum absolute atomic E-state index is 4.67. The Labute approximate surface area is 145 Å². The van der Waals surface area contributed by atoms with E-state index in [-0.39, 0.29) is 0 Å². The molecule has 3 heteroatoms. The van der Waals surface area contributed by atoms with E-state index in [0.29, 0.717) is 11.5 Å². The van der Waals surface area contributed by atoms with E-state index >= 15 is 0 Å². The molecule has 1 N–H and O–H groups in total. The molecule has 0 saturated heterocycles. The zero-order valence-electron chi connectivity index (χ0n) is 14.8. The van der Waals surface area contributed by atoms with Crippen LogP contribution in [0.15, 0.2) is 30.5 Å². The molecule has 2 aromatic rings. The average molecular weight is 323 g/mol. The molecule has 0 spiro atoms. The third-order valence-corrected chi connectivity index (χ3v) is 6.53. The third kappa shape index (κ3) is 3.26. The largest absolute Gasteiger partial charge is 0.351 e. The number of anilines is 1. The van der Waals surface area contributed by atoms with Crippen molar-refractivity contribution in [1.82, 2.24) is 9.97 Å². The summed E-state index contributed by atoms with van der Waals surface area (Å²) in [5.41, 5.74) is 1.64. The molecule has 24 heavy (non-hydrogen) atoms. The van der Waals surface area contributed by atoms with Crippen LogP contribution in [-0.4, -0.2) is 16.0 Å². The highest BCUT2D eigenvalue weighted by Gasteiger charge is 2.37. The van der Waals surface area contributed by atoms with Gasteiger partial charge in [0.25, 0.3) is 0 Å². The molecular formula is C21H29N3. The summed E-state index contributed by atoms with van der Waals surface area (Å²) in [4.78, 5) is 9.17. The van der Waals surface area contributed by atoms with Gasteiger partial charge in [-0.1, -0.05) is 44.4 Å². The molecule has 2 saturated carbocycles. The van der Waals surface area contributed by atoms with Crippen LogP contribution >= 0.6 is 0 Å². The van der Waals surface area contributed by atoms with Crippen LogP contribution in [0.3, 0.4) is 0 Å². The Morgan fingerprint density at radius 1 is 1.00 bits per heavy atom. The molecule has 2 aliphatic carbocycles. The third-order valence-electron chi connectivity index (χ3n) is 6.53. The minimum Gasteiger partial charge on any atom is -0.351 e. The summed E-state index contributed by atoms with van der Waals surface area (Å²) in [6.45, 7) is 2.55. The maximum atomic E-state index is 4.67. The average Bonchev–Trinajstić information content (AvgIpc) is 2.63. The van der Waals surface area contributed by atoms with Crippen molar-refractivity contribution in [3.05, 3.63) is 30.5 Å². The van der Waals surface area contributed by atoms with Gasteiger partial charge in [-0.25, -0.2) is 9.97 Å². The summed E-state index contributed by atoms with van der Waals surface area (Å²) in [6.07, 6.45) is 14.4. The van der Waals surface area contributed by atoms with Gasteiger partial charge in [-0.3, -0.25) is 0 Å². The molecule has 0 bridgehead atoms. The van der Waals surface area contributed by atoms with Crippen LogP contribution in [0.25, 0.3) is 10.9 Å². The molecule has 0 atom stereocenters. The summed E-state index contributed by atoms with van der Waals surface area (Å²) in [5, 5.41) is 4.70. The highest BCUT2D eigenvalue weighted by Crippen LogP contribution is 2.48. The van der Waals surface area contributed by atoms with E-state index in [9.17, 15) is 0 Å². The first-order valence-corrected chi connectivity index (χ1v) is 9.71. The number of hydrogen-bond acceptors (Lipinski definition) is 3. The molecule has 1 heterocycles. The van der Waals surface area contributed by atoms with Gasteiger partial charge in [0.15, 0.2) is 0 Å². The number of benzene rings is 1. The number of nitrogens with one attached hydrogen (secondary N) is 1. The van der Waals surface area contributed by atoms with E-state index in [1.54, 1.807) is 0 Å². The normalized spacial score (nSPS) is 27.0. The van der Waals surface area contributed by atoms with E-state index in [1.807, 2.05) is 18.3 Å². The Kier molecular flexibility index (Phi) is 4.43. The van der Waals surface area contributed by atoms with Crippen LogP contribution in [0, 0.1) is 11.3 Å². The lowest BCUT2D eigenvalue weighted by Crippen LogP contribution is -2.36. The van der Waals surface area contributed by atoms with Crippen molar-refractivity contribution in [2.45, 2.75) is 70.8 Å². The van der Waals surface area contributed by atoms with Crippen LogP contribution in [0.5, 0.6) is 0 Å². The van der Waals surface area contributed by atoms with Crippen LogP contribution in [-0.2, 0) is 0 Å². The first kappa shape index (κ1) is 15.9. The monoisotopic (exact) mass is 323 g/mol. The lowest BCUT2D eigenvalue weighted by molar-refractivity contribution is 0.0848. The lowest BCUT2D eigenvalue weighted by Gasteiger charge is -2.44. The first-order chi connectivity index (χ1) is 11.7. The van der Waals surface area contributed by atoms with Crippen molar-refractivity contribution in [3.8, 4) is 0 Å². The topological polar surface area (TPSA) is 37.8 Å². The van der Waals surface area contributed by atoms with Crippen LogP contribution in [0.2, 0.25) is 0 Å². The summed E-state index contributed by atoms with van der Waals surface area (Å²) in [5.74, 6) is 1.72. The van der Waals surface area contributed by atoms with Gasteiger partial charge in [0.05, 0.1) is 5.52 Å². The predicted octanol–water partition coefficient (Wildman–Crippen LogP) is 5.57. The molecular weight excluding hydrogens is 294 g/mol. The Morgan fingerprint density at radius 2 is 1.75 bits per heavy atom. The first-order valence-electron chi connectivity index (χ1n) is 9.71. The van der Waals surface area contributed by atoms with Crippen molar-refractivity contribution in [3.63, 3.8) is 0 Å². The minimum atomic E-state index is 0.537. The quantitative estimate of drug-likeness (QED) is 0.802. The number of hydrogen-bond donors (Lipinski definition) is 1. The van der Waals surface area contributed by atoms with Gasteiger partial charge < -0.3 is 5.32 Å². The van der Waals surface area contributed by atoms with Crippen LogP contribution < -0.4 is 5.32 Å². The molecule has 0 amide bonds. The van der Waals surface area contributed by atoms with Crippen molar-refractivity contribution in [2.24, 2.45) is 11.3 Å². The van der Waals surface area contributed by atoms with Crippen molar-refractivity contribution in [1.29, 1.82) is 0 Å². The Morgan fingerprint density at radius 3 is 2.54 bits per heavy atom. The summed E-state index contributed by atoms with van der Waals surface area (Å²) in [7, 11) is 0. The van der Waals surface area contributed by atoms with Crippen molar-refractivity contribution >= 4 is 16.9 Å². The number of para-hydroxylation sites is 1. The maximum Gasteiger partial charge on any atom is 0.223 e. The lowest BCUT2D eigenvalue weighted by atomic mass is 9.62. The van der Waals surface area contributed by atoms with Crippen molar-refractivity contribution in [2.75, 3.05) is 5.32 Å². The molecule has 3 nitrogen and oxygen atoms in total. The van der Waals surface area contributed by atoms with E-state index in [4.69, 9.17) is 0 Å². The Bertz CT molecular complexity index is 682. The predicted molar refractivity (Wildman–Crippen MR) is 100 cm³/mol. The van der Waals surface area contributed by atoms with Crippen LogP contribution in [0.4, 0.5) is 5.95 Å². The molecule has 0 radical (unpaired) electrons. The highest BCUT2D eigenvalue weighted by atomic mass is 15.1. The second-order valence-electron chi connectivity index (χ2n) is 8.16. The highest BCUT2D eigenvalue weighted by molar-refractivity contribution is 5.78. The van der Waals surface area contributed by atoms with Gasteiger partial charge in [0, 0.05) is 17.6 Å². The van der Waals surface area contributed by atoms with Gasteiger partial charge in [-0.2, -0.15) is 0 Å². The fourth-order valence-electron chi connectivity index (χ4n) is 4.93. The SMILES string of the molecule is CC1(C2CCC(Nc3ncc4ccccc4n3)CC2)CCCCC1. The minimum absolute atomic E-state index is 0.537. The fourth-order valence-corrected chi connectivity index (χ4v) is 4.93. The van der Waals surface area contributed by atoms with Crippen molar-refractivity contribution < 1.29 is 0 Å². The zero-order chi connectivity index (χ0) is 16.4. The van der Waals surface area contributed by atoms with Gasteiger partial charge in [-0.05, 0) is 55.9 Å². The van der Waals surface area contributed by atoms with Gasteiger partial charge >= 0.3 is 0 Å². The Hall–Kier alpha value is -1.64. The molecule has 1 aromatic carbocycles. The second-order valence-corrected chi connectivity index (χ2v) is 8.16. The zero-order valence-corrected chi connectivity index (χ0v) is 14.8. The number of nitrogens with zero attached hydrogens (tertiary/aromatic N) is 2. The summed E-state index contributed by atoms with van der Waals surface area (Å²) in [6, 6.07) is 8.73. The van der Waals surface area contributed by atoms with Gasteiger partial charge in [0.2, 0.25) is 5.95 Å². The van der Waals surface area contributed by atoms with E-state index in [2.05, 4.69) is 34.3 Å². The number of rotatable bonds is 3. The molecule has 2 aliphatic rings. The van der Waals surface area contributed by atoms with E-state index in [0.717, 1.165) is 22.8 Å². The standard InChI is InChI=1S/C21H29N3/c1-21(13-5-2-6-14-21)17-9-11-18(12-10-17)23-20-22-15-16-7-3-4-8-19(16)24-20/h3-4,7-8,15,17-18H,2,5-6,9-14H2,1H3,(H,22,23,24). The smallest absolute Gasteiger partial charge is 0.223 e. The Balaban J connectivity index is 1.37. The second kappa shape index (κ2) is 6.70. The summed E-state index contributed by atoms with van der Waals surface area (Å²) >= 11 is 0.